The number of aromatic amines is 1. The molecule has 142 valence electrons. The molecule has 0 spiro atoms. The van der Waals surface area contributed by atoms with Gasteiger partial charge in [0, 0.05) is 28.5 Å². The smallest absolute Gasteiger partial charge is 0.195 e. The Hall–Kier alpha value is -3.35. The van der Waals surface area contributed by atoms with Gasteiger partial charge in [-0.05, 0) is 37.1 Å². The maximum absolute atomic E-state index is 9.75. The fourth-order valence-electron chi connectivity index (χ4n) is 3.72. The molecule has 0 saturated heterocycles. The van der Waals surface area contributed by atoms with E-state index in [9.17, 15) is 5.26 Å². The Morgan fingerprint density at radius 1 is 1.21 bits per heavy atom. The number of aromatic nitrogens is 2. The minimum absolute atomic E-state index is 0.304. The molecule has 6 heteroatoms. The van der Waals surface area contributed by atoms with Gasteiger partial charge in [0.2, 0.25) is 0 Å². The zero-order valence-corrected chi connectivity index (χ0v) is 17.0. The Kier molecular flexibility index (Phi) is 5.20. The molecule has 0 saturated carbocycles. The number of benzene rings is 2. The Morgan fingerprint density at radius 2 is 2.00 bits per heavy atom. The second-order valence-corrected chi connectivity index (χ2v) is 7.99. The molecule has 2 atom stereocenters. The van der Waals surface area contributed by atoms with E-state index in [4.69, 9.17) is 6.57 Å². The molecule has 0 amide bonds. The highest BCUT2D eigenvalue weighted by Gasteiger charge is 2.34. The van der Waals surface area contributed by atoms with Gasteiger partial charge in [-0.2, -0.15) is 10.4 Å². The minimum atomic E-state index is -0.437. The fraction of sp³-hybridized carbons (Fsp3) is 0.217. The van der Waals surface area contributed by atoms with Crippen molar-refractivity contribution < 1.29 is 0 Å². The van der Waals surface area contributed by atoms with Crippen molar-refractivity contribution in [1.29, 1.82) is 5.26 Å². The first-order valence-corrected chi connectivity index (χ1v) is 10.3. The third-order valence-corrected chi connectivity index (χ3v) is 6.24. The van der Waals surface area contributed by atoms with Gasteiger partial charge in [0.15, 0.2) is 5.70 Å². The first-order chi connectivity index (χ1) is 14.1. The molecule has 1 aromatic heterocycles. The molecular weight excluding hydrogens is 378 g/mol. The molecule has 3 aromatic rings. The van der Waals surface area contributed by atoms with Crippen LogP contribution < -0.4 is 0 Å². The van der Waals surface area contributed by atoms with Gasteiger partial charge in [-0.15, -0.1) is 0 Å². The molecule has 29 heavy (non-hydrogen) atoms. The summed E-state index contributed by atoms with van der Waals surface area (Å²) in [6.07, 6.45) is 0. The number of aliphatic imine (C=N–C) groups is 1. The summed E-state index contributed by atoms with van der Waals surface area (Å²) in [5.74, 6) is 0.0849. The Bertz CT molecular complexity index is 1210. The van der Waals surface area contributed by atoms with Crippen LogP contribution in [0.2, 0.25) is 0 Å². The molecule has 4 rings (SSSR count). The number of nitriles is 1. The number of hydrogen-bond donors (Lipinski definition) is 1. The quantitative estimate of drug-likeness (QED) is 0.453. The lowest BCUT2D eigenvalue weighted by molar-refractivity contribution is 0.700. The van der Waals surface area contributed by atoms with E-state index in [1.165, 1.54) is 5.56 Å². The van der Waals surface area contributed by atoms with Crippen LogP contribution in [0.1, 0.15) is 30.9 Å². The van der Waals surface area contributed by atoms with Crippen molar-refractivity contribution in [2.75, 3.05) is 0 Å². The molecule has 5 nitrogen and oxygen atoms in total. The minimum Gasteiger partial charge on any atom is -0.277 e. The summed E-state index contributed by atoms with van der Waals surface area (Å²) < 4.78 is 0. The predicted molar refractivity (Wildman–Crippen MR) is 116 cm³/mol. The molecule has 2 aromatic carbocycles. The lowest BCUT2D eigenvalue weighted by atomic mass is 9.79. The number of hydrogen-bond acceptors (Lipinski definition) is 4. The van der Waals surface area contributed by atoms with Crippen molar-refractivity contribution >= 4 is 28.4 Å². The Morgan fingerprint density at radius 3 is 2.72 bits per heavy atom. The van der Waals surface area contributed by atoms with Gasteiger partial charge in [0.05, 0.1) is 24.1 Å². The highest BCUT2D eigenvalue weighted by molar-refractivity contribution is 7.98. The summed E-state index contributed by atoms with van der Waals surface area (Å²) in [7, 11) is 0. The van der Waals surface area contributed by atoms with Crippen molar-refractivity contribution in [2.24, 2.45) is 10.9 Å². The molecule has 2 unspecified atom stereocenters. The average Bonchev–Trinajstić information content (AvgIpc) is 3.14. The Labute approximate surface area is 174 Å². The second kappa shape index (κ2) is 7.95. The van der Waals surface area contributed by atoms with Gasteiger partial charge in [-0.1, -0.05) is 48.2 Å². The van der Waals surface area contributed by atoms with Crippen LogP contribution >= 0.6 is 11.8 Å². The normalized spacial score (nSPS) is 19.0. The van der Waals surface area contributed by atoms with Gasteiger partial charge in [0.1, 0.15) is 5.03 Å². The third-order valence-electron chi connectivity index (χ3n) is 5.18. The van der Waals surface area contributed by atoms with Gasteiger partial charge in [-0.3, -0.25) is 10.1 Å². The molecule has 1 aliphatic rings. The maximum Gasteiger partial charge on any atom is 0.195 e. The van der Waals surface area contributed by atoms with Crippen LogP contribution in [0.5, 0.6) is 0 Å². The first kappa shape index (κ1) is 19.0. The van der Waals surface area contributed by atoms with Gasteiger partial charge in [-0.25, -0.2) is 4.85 Å². The number of H-pyrrole nitrogens is 1. The van der Waals surface area contributed by atoms with Crippen LogP contribution in [0.4, 0.5) is 0 Å². The third kappa shape index (κ3) is 3.55. The lowest BCUT2D eigenvalue weighted by Gasteiger charge is -2.26. The summed E-state index contributed by atoms with van der Waals surface area (Å²) in [6.45, 7) is 11.3. The number of nitrogens with zero attached hydrogens (tertiary/aromatic N) is 4. The van der Waals surface area contributed by atoms with Crippen LogP contribution in [-0.4, -0.2) is 15.9 Å². The van der Waals surface area contributed by atoms with E-state index >= 15 is 0 Å². The van der Waals surface area contributed by atoms with Crippen LogP contribution in [0, 0.1) is 23.8 Å². The summed E-state index contributed by atoms with van der Waals surface area (Å²) in [6, 6.07) is 18.7. The van der Waals surface area contributed by atoms with E-state index in [1.54, 1.807) is 11.8 Å². The van der Waals surface area contributed by atoms with E-state index in [-0.39, 0.29) is 5.92 Å². The second-order valence-electron chi connectivity index (χ2n) is 7.03. The van der Waals surface area contributed by atoms with E-state index in [0.717, 1.165) is 33.0 Å². The first-order valence-electron chi connectivity index (χ1n) is 9.30. The maximum atomic E-state index is 9.75. The van der Waals surface area contributed by atoms with E-state index < -0.39 is 5.92 Å². The SMILES string of the molecule is [C-]#[N+]C1=C(C)N=C(C)C(C#N)C1c1ccc2[nH]nc(SCc3ccccc3)c2c1. The summed E-state index contributed by atoms with van der Waals surface area (Å²) in [4.78, 5) is 8.16. The number of rotatable bonds is 4. The van der Waals surface area contributed by atoms with Crippen LogP contribution in [0.25, 0.3) is 15.7 Å². The van der Waals surface area contributed by atoms with Gasteiger partial charge < -0.3 is 0 Å². The number of allylic oxidation sites excluding steroid dienone is 2. The van der Waals surface area contributed by atoms with Crippen molar-refractivity contribution in [3.05, 3.63) is 82.5 Å². The van der Waals surface area contributed by atoms with E-state index in [0.29, 0.717) is 11.4 Å². The largest absolute Gasteiger partial charge is 0.277 e. The topological polar surface area (TPSA) is 69.2 Å². The van der Waals surface area contributed by atoms with Crippen molar-refractivity contribution in [3.63, 3.8) is 0 Å². The van der Waals surface area contributed by atoms with Crippen molar-refractivity contribution in [3.8, 4) is 6.07 Å². The molecule has 0 radical (unpaired) electrons. The standard InChI is InChI=1S/C23H19N5S/c1-14-19(12-24)21(22(25-3)15(2)26-14)17-9-10-20-18(11-17)23(28-27-20)29-13-16-7-5-4-6-8-16/h4-11,19,21H,13H2,1-2H3,(H,27,28). The van der Waals surface area contributed by atoms with Crippen LogP contribution in [0.3, 0.4) is 0 Å². The molecule has 2 heterocycles. The van der Waals surface area contributed by atoms with Crippen LogP contribution in [-0.2, 0) is 5.75 Å². The highest BCUT2D eigenvalue weighted by Crippen LogP contribution is 2.40. The van der Waals surface area contributed by atoms with E-state index in [2.05, 4.69) is 44.3 Å². The molecule has 0 fully saturated rings. The molecule has 0 bridgehead atoms. The molecular formula is C23H19N5S. The molecule has 1 N–H and O–H groups in total. The fourth-order valence-corrected chi connectivity index (χ4v) is 4.65. The van der Waals surface area contributed by atoms with Crippen LogP contribution in [0.15, 0.2) is 69.9 Å². The number of fused-ring (bicyclic) bond motifs is 1. The average molecular weight is 398 g/mol. The zero-order valence-electron chi connectivity index (χ0n) is 16.2. The van der Waals surface area contributed by atoms with E-state index in [1.807, 2.05) is 44.2 Å². The van der Waals surface area contributed by atoms with Gasteiger partial charge >= 0.3 is 0 Å². The number of nitrogens with one attached hydrogen (secondary N) is 1. The summed E-state index contributed by atoms with van der Waals surface area (Å²) in [5, 5.41) is 19.3. The monoisotopic (exact) mass is 397 g/mol. The lowest BCUT2D eigenvalue weighted by Crippen LogP contribution is -2.24. The molecule has 0 aliphatic carbocycles. The van der Waals surface area contributed by atoms with Gasteiger partial charge in [0.25, 0.3) is 0 Å². The number of thioether (sulfide) groups is 1. The summed E-state index contributed by atoms with van der Waals surface area (Å²) in [5.41, 5.74) is 5.13. The highest BCUT2D eigenvalue weighted by atomic mass is 32.2. The predicted octanol–water partition coefficient (Wildman–Crippen LogP) is 5.70. The Balaban J connectivity index is 1.72. The zero-order chi connectivity index (χ0) is 20.4. The van der Waals surface area contributed by atoms with Crippen molar-refractivity contribution in [2.45, 2.75) is 30.5 Å². The van der Waals surface area contributed by atoms with Crippen molar-refractivity contribution in [1.82, 2.24) is 10.2 Å². The molecule has 1 aliphatic heterocycles. The summed E-state index contributed by atoms with van der Waals surface area (Å²) >= 11 is 1.68.